The first-order valence-corrected chi connectivity index (χ1v) is 6.51. The Kier molecular flexibility index (Phi) is 4.77. The fourth-order valence-corrected chi connectivity index (χ4v) is 1.96. The van der Waals surface area contributed by atoms with Crippen LogP contribution in [0.3, 0.4) is 0 Å². The average molecular weight is 270 g/mol. The van der Waals surface area contributed by atoms with Gasteiger partial charge in [-0.25, -0.2) is 0 Å². The number of Topliss-reactive ketones (excluding diaryl/α,β-unsaturated/α-hetero) is 1. The third-order valence-electron chi connectivity index (χ3n) is 2.88. The van der Waals surface area contributed by atoms with Gasteiger partial charge in [-0.1, -0.05) is 30.3 Å². The Morgan fingerprint density at radius 1 is 1.00 bits per heavy atom. The van der Waals surface area contributed by atoms with Crippen LogP contribution in [-0.4, -0.2) is 12.9 Å². The van der Waals surface area contributed by atoms with E-state index in [0.29, 0.717) is 24.5 Å². The van der Waals surface area contributed by atoms with Gasteiger partial charge in [-0.2, -0.15) is 0 Å². The Bertz CT molecular complexity index is 576. The summed E-state index contributed by atoms with van der Waals surface area (Å²) in [4.78, 5) is 11.2. The molecule has 0 heterocycles. The number of hydrogen-bond donors (Lipinski definition) is 0. The molecule has 2 aromatic rings. The van der Waals surface area contributed by atoms with E-state index in [-0.39, 0.29) is 5.78 Å². The maximum absolute atomic E-state index is 11.2. The zero-order valence-corrected chi connectivity index (χ0v) is 11.8. The van der Waals surface area contributed by atoms with Crippen molar-refractivity contribution in [1.82, 2.24) is 0 Å². The molecule has 0 radical (unpaired) electrons. The maximum Gasteiger partial charge on any atom is 0.134 e. The lowest BCUT2D eigenvalue weighted by Gasteiger charge is -2.10. The van der Waals surface area contributed by atoms with Gasteiger partial charge in [0, 0.05) is 12.5 Å². The molecule has 0 spiro atoms. The summed E-state index contributed by atoms with van der Waals surface area (Å²) < 4.78 is 11.0. The molecule has 0 aliphatic rings. The van der Waals surface area contributed by atoms with Crippen molar-refractivity contribution in [3.05, 3.63) is 59.7 Å². The molecule has 104 valence electrons. The minimum atomic E-state index is 0.118. The highest BCUT2D eigenvalue weighted by Crippen LogP contribution is 2.24. The molecule has 2 rings (SSSR count). The predicted octanol–water partition coefficient (Wildman–Crippen LogP) is 3.41. The van der Waals surface area contributed by atoms with Crippen LogP contribution in [0.2, 0.25) is 0 Å². The van der Waals surface area contributed by atoms with Crippen LogP contribution in [0.25, 0.3) is 0 Å². The molecule has 0 unspecified atom stereocenters. The van der Waals surface area contributed by atoms with Gasteiger partial charge in [0.15, 0.2) is 0 Å². The molecule has 3 nitrogen and oxygen atoms in total. The summed E-state index contributed by atoms with van der Waals surface area (Å²) >= 11 is 0. The van der Waals surface area contributed by atoms with Crippen molar-refractivity contribution >= 4 is 5.78 Å². The molecule has 3 heteroatoms. The van der Waals surface area contributed by atoms with E-state index in [1.165, 1.54) is 0 Å². The van der Waals surface area contributed by atoms with Crippen molar-refractivity contribution in [2.75, 3.05) is 7.11 Å². The first-order chi connectivity index (χ1) is 9.67. The lowest BCUT2D eigenvalue weighted by atomic mass is 10.1. The highest BCUT2D eigenvalue weighted by atomic mass is 16.5. The van der Waals surface area contributed by atoms with Gasteiger partial charge in [0.2, 0.25) is 0 Å². The number of methoxy groups -OCH3 is 1. The number of benzene rings is 2. The lowest BCUT2D eigenvalue weighted by molar-refractivity contribution is -0.116. The lowest BCUT2D eigenvalue weighted by Crippen LogP contribution is -2.00. The minimum absolute atomic E-state index is 0.118. The molecule has 0 atom stereocenters. The molecular formula is C17H18O3. The molecule has 0 saturated carbocycles. The Labute approximate surface area is 119 Å². The van der Waals surface area contributed by atoms with Gasteiger partial charge in [-0.05, 0) is 30.2 Å². The van der Waals surface area contributed by atoms with Gasteiger partial charge in [0.1, 0.15) is 23.9 Å². The summed E-state index contributed by atoms with van der Waals surface area (Å²) in [5.41, 5.74) is 2.00. The summed E-state index contributed by atoms with van der Waals surface area (Å²) in [6, 6.07) is 15.5. The van der Waals surface area contributed by atoms with Crippen LogP contribution in [0.15, 0.2) is 48.5 Å². The summed E-state index contributed by atoms with van der Waals surface area (Å²) in [6.45, 7) is 2.07. The summed E-state index contributed by atoms with van der Waals surface area (Å²) in [6.07, 6.45) is 0.388. The van der Waals surface area contributed by atoms with Gasteiger partial charge in [-0.15, -0.1) is 0 Å². The fourth-order valence-electron chi connectivity index (χ4n) is 1.96. The summed E-state index contributed by atoms with van der Waals surface area (Å²) in [5.74, 6) is 1.53. The van der Waals surface area contributed by atoms with Crippen LogP contribution < -0.4 is 9.47 Å². The zero-order chi connectivity index (χ0) is 14.4. The molecule has 0 amide bonds. The second kappa shape index (κ2) is 6.75. The molecule has 0 aliphatic carbocycles. The number of carbonyl (C=O) groups is 1. The van der Waals surface area contributed by atoms with Crippen molar-refractivity contribution in [3.63, 3.8) is 0 Å². The number of rotatable bonds is 6. The summed E-state index contributed by atoms with van der Waals surface area (Å²) in [5, 5.41) is 0. The number of ketones is 1. The van der Waals surface area contributed by atoms with Gasteiger partial charge in [0.05, 0.1) is 7.11 Å². The van der Waals surface area contributed by atoms with Crippen molar-refractivity contribution in [2.24, 2.45) is 0 Å². The van der Waals surface area contributed by atoms with Gasteiger partial charge >= 0.3 is 0 Å². The third-order valence-corrected chi connectivity index (χ3v) is 2.88. The third kappa shape index (κ3) is 4.12. The molecule has 0 aliphatic heterocycles. The summed E-state index contributed by atoms with van der Waals surface area (Å²) in [7, 11) is 1.61. The minimum Gasteiger partial charge on any atom is -0.497 e. The zero-order valence-electron chi connectivity index (χ0n) is 11.8. The Hall–Kier alpha value is -2.29. The van der Waals surface area contributed by atoms with Gasteiger partial charge in [0.25, 0.3) is 0 Å². The van der Waals surface area contributed by atoms with Gasteiger partial charge < -0.3 is 9.47 Å². The second-order valence-corrected chi connectivity index (χ2v) is 4.67. The first-order valence-electron chi connectivity index (χ1n) is 6.51. The van der Waals surface area contributed by atoms with E-state index in [0.717, 1.165) is 11.1 Å². The molecular weight excluding hydrogens is 252 g/mol. The monoisotopic (exact) mass is 270 g/mol. The highest BCUT2D eigenvalue weighted by Gasteiger charge is 2.05. The highest BCUT2D eigenvalue weighted by molar-refractivity contribution is 5.78. The van der Waals surface area contributed by atoms with E-state index in [1.807, 2.05) is 48.5 Å². The molecule has 2 aromatic carbocycles. The van der Waals surface area contributed by atoms with Crippen molar-refractivity contribution in [3.8, 4) is 11.5 Å². The number of hydrogen-bond acceptors (Lipinski definition) is 3. The van der Waals surface area contributed by atoms with Crippen LogP contribution in [-0.2, 0) is 17.8 Å². The second-order valence-electron chi connectivity index (χ2n) is 4.67. The van der Waals surface area contributed by atoms with E-state index in [1.54, 1.807) is 14.0 Å². The van der Waals surface area contributed by atoms with E-state index < -0.39 is 0 Å². The first kappa shape index (κ1) is 14.1. The fraction of sp³-hybridized carbons (Fsp3) is 0.235. The van der Waals surface area contributed by atoms with Crippen molar-refractivity contribution in [2.45, 2.75) is 20.0 Å². The number of carbonyl (C=O) groups excluding carboxylic acids is 1. The molecule has 0 aromatic heterocycles. The SMILES string of the molecule is COc1cc(CC(C)=O)cc(OCc2ccccc2)c1. The molecule has 0 N–H and O–H groups in total. The Morgan fingerprint density at radius 3 is 2.35 bits per heavy atom. The smallest absolute Gasteiger partial charge is 0.134 e. The van der Waals surface area contributed by atoms with Crippen LogP contribution >= 0.6 is 0 Å². The van der Waals surface area contributed by atoms with Gasteiger partial charge in [-0.3, -0.25) is 4.79 Å². The van der Waals surface area contributed by atoms with Crippen molar-refractivity contribution in [1.29, 1.82) is 0 Å². The van der Waals surface area contributed by atoms with Crippen molar-refractivity contribution < 1.29 is 14.3 Å². The predicted molar refractivity (Wildman–Crippen MR) is 78.2 cm³/mol. The largest absolute Gasteiger partial charge is 0.497 e. The van der Waals surface area contributed by atoms with Crippen LogP contribution in [0, 0.1) is 0 Å². The molecule has 0 fully saturated rings. The van der Waals surface area contributed by atoms with Crippen LogP contribution in [0.5, 0.6) is 11.5 Å². The topological polar surface area (TPSA) is 35.5 Å². The molecule has 0 bridgehead atoms. The molecule has 20 heavy (non-hydrogen) atoms. The maximum atomic E-state index is 11.2. The van der Waals surface area contributed by atoms with E-state index in [2.05, 4.69) is 0 Å². The van der Waals surface area contributed by atoms with Crippen LogP contribution in [0.1, 0.15) is 18.1 Å². The average Bonchev–Trinajstić information content (AvgIpc) is 2.45. The Morgan fingerprint density at radius 2 is 1.70 bits per heavy atom. The molecule has 0 saturated heterocycles. The Balaban J connectivity index is 2.12. The number of ether oxygens (including phenoxy) is 2. The van der Waals surface area contributed by atoms with E-state index >= 15 is 0 Å². The van der Waals surface area contributed by atoms with E-state index in [9.17, 15) is 4.79 Å². The normalized spacial score (nSPS) is 10.1. The standard InChI is InChI=1S/C17H18O3/c1-13(18)8-15-9-16(19-2)11-17(10-15)20-12-14-6-4-3-5-7-14/h3-7,9-11H,8,12H2,1-2H3. The van der Waals surface area contributed by atoms with Crippen LogP contribution in [0.4, 0.5) is 0 Å². The van der Waals surface area contributed by atoms with E-state index in [4.69, 9.17) is 9.47 Å². The quantitative estimate of drug-likeness (QED) is 0.807.